The van der Waals surface area contributed by atoms with Crippen LogP contribution >= 0.6 is 0 Å². The average Bonchev–Trinajstić information content (AvgIpc) is 2.54. The molecule has 2 rings (SSSR count). The van der Waals surface area contributed by atoms with Crippen molar-refractivity contribution in [3.05, 3.63) is 28.1 Å². The number of piperazine rings is 1. The van der Waals surface area contributed by atoms with E-state index in [4.69, 9.17) is 0 Å². The van der Waals surface area contributed by atoms with Crippen LogP contribution in [0.4, 0.5) is 10.1 Å². The van der Waals surface area contributed by atoms with Crippen molar-refractivity contribution in [2.45, 2.75) is 4.90 Å². The van der Waals surface area contributed by atoms with Crippen LogP contribution in [0.3, 0.4) is 0 Å². The van der Waals surface area contributed by atoms with Crippen LogP contribution in [0.2, 0.25) is 0 Å². The van der Waals surface area contributed by atoms with Crippen LogP contribution in [0.25, 0.3) is 0 Å². The summed E-state index contributed by atoms with van der Waals surface area (Å²) in [5, 5.41) is 14.1. The second-order valence-corrected chi connectivity index (χ2v) is 6.97. The molecule has 1 heterocycles. The van der Waals surface area contributed by atoms with E-state index in [0.29, 0.717) is 12.6 Å². The summed E-state index contributed by atoms with van der Waals surface area (Å²) in [7, 11) is -2.98. The Labute approximate surface area is 139 Å². The maximum absolute atomic E-state index is 13.9. The minimum absolute atomic E-state index is 0.129. The molecule has 1 aliphatic heterocycles. The number of sulfonamides is 1. The fraction of sp³-hybridized carbons (Fsp3) is 0.538. The minimum atomic E-state index is -4.06. The number of nitrogens with one attached hydrogen (secondary N) is 2. The van der Waals surface area contributed by atoms with Gasteiger partial charge in [0.1, 0.15) is 0 Å². The number of ether oxygens (including phenoxy) is 1. The predicted octanol–water partition coefficient (Wildman–Crippen LogP) is -0.0740. The lowest BCUT2D eigenvalue weighted by molar-refractivity contribution is -0.386. The Morgan fingerprint density at radius 2 is 2.08 bits per heavy atom. The van der Waals surface area contributed by atoms with Crippen molar-refractivity contribution < 1.29 is 22.5 Å². The van der Waals surface area contributed by atoms with Crippen molar-refractivity contribution in [3.63, 3.8) is 0 Å². The molecule has 0 spiro atoms. The lowest BCUT2D eigenvalue weighted by Gasteiger charge is -2.27. The minimum Gasteiger partial charge on any atom is -0.488 e. The molecule has 134 valence electrons. The monoisotopic (exact) mass is 362 g/mol. The van der Waals surface area contributed by atoms with E-state index >= 15 is 0 Å². The van der Waals surface area contributed by atoms with Crippen LogP contribution < -0.4 is 14.8 Å². The van der Waals surface area contributed by atoms with E-state index in [2.05, 4.69) is 19.7 Å². The van der Waals surface area contributed by atoms with E-state index < -0.39 is 37.1 Å². The zero-order valence-electron chi connectivity index (χ0n) is 13.1. The highest BCUT2D eigenvalue weighted by Crippen LogP contribution is 2.32. The van der Waals surface area contributed by atoms with Crippen LogP contribution in [-0.2, 0) is 10.0 Å². The number of nitrogens with zero attached hydrogens (tertiary/aromatic N) is 2. The molecular formula is C13H19FN4O5S. The molecule has 0 atom stereocenters. The Hall–Kier alpha value is -1.82. The highest BCUT2D eigenvalue weighted by atomic mass is 32.2. The Bertz CT molecular complexity index is 707. The van der Waals surface area contributed by atoms with Crippen molar-refractivity contribution in [2.75, 3.05) is 46.4 Å². The smallest absolute Gasteiger partial charge is 0.315 e. The van der Waals surface area contributed by atoms with Crippen LogP contribution in [-0.4, -0.2) is 64.6 Å². The third-order valence-corrected chi connectivity index (χ3v) is 5.08. The number of methoxy groups -OCH3 is 1. The zero-order chi connectivity index (χ0) is 17.7. The number of nitro benzene ring substituents is 1. The summed E-state index contributed by atoms with van der Waals surface area (Å²) in [5.74, 6) is -1.70. The fourth-order valence-electron chi connectivity index (χ4n) is 2.40. The molecule has 0 bridgehead atoms. The van der Waals surface area contributed by atoms with Crippen molar-refractivity contribution >= 4 is 15.7 Å². The predicted molar refractivity (Wildman–Crippen MR) is 84.1 cm³/mol. The molecule has 0 unspecified atom stereocenters. The van der Waals surface area contributed by atoms with Gasteiger partial charge in [-0.05, 0) is 6.07 Å². The molecule has 0 aliphatic carbocycles. The second kappa shape index (κ2) is 7.83. The van der Waals surface area contributed by atoms with Crippen molar-refractivity contribution in [1.29, 1.82) is 0 Å². The number of hydrogen-bond acceptors (Lipinski definition) is 7. The quantitative estimate of drug-likeness (QED) is 0.515. The summed E-state index contributed by atoms with van der Waals surface area (Å²) >= 11 is 0. The Morgan fingerprint density at radius 1 is 1.42 bits per heavy atom. The molecule has 1 aliphatic rings. The largest absolute Gasteiger partial charge is 0.488 e. The Kier molecular flexibility index (Phi) is 6.04. The van der Waals surface area contributed by atoms with E-state index in [9.17, 15) is 22.9 Å². The zero-order valence-corrected chi connectivity index (χ0v) is 13.9. The standard InChI is InChI=1S/C13H19FN4O5S/c1-23-13-11(14)8-10(9-12(13)18(19)20)24(21,22)16-4-7-17-5-2-15-3-6-17/h8-9,15-16H,2-7H2,1H3. The average molecular weight is 362 g/mol. The van der Waals surface area contributed by atoms with Crippen LogP contribution in [0, 0.1) is 15.9 Å². The molecule has 11 heteroatoms. The SMILES string of the molecule is COc1c(F)cc(S(=O)(=O)NCCN2CCNCC2)cc1[N+](=O)[O-]. The normalized spacial score (nSPS) is 16.1. The highest BCUT2D eigenvalue weighted by Gasteiger charge is 2.26. The molecule has 0 amide bonds. The first-order chi connectivity index (χ1) is 11.3. The third-order valence-electron chi connectivity index (χ3n) is 3.64. The van der Waals surface area contributed by atoms with E-state index in [-0.39, 0.29) is 6.54 Å². The summed E-state index contributed by atoms with van der Waals surface area (Å²) in [6.07, 6.45) is 0. The molecule has 1 saturated heterocycles. The first-order valence-electron chi connectivity index (χ1n) is 7.30. The molecule has 0 radical (unpaired) electrons. The fourth-order valence-corrected chi connectivity index (χ4v) is 3.46. The van der Waals surface area contributed by atoms with Gasteiger partial charge in [-0.1, -0.05) is 0 Å². The molecule has 9 nitrogen and oxygen atoms in total. The van der Waals surface area contributed by atoms with Gasteiger partial charge in [0.15, 0.2) is 5.82 Å². The maximum Gasteiger partial charge on any atom is 0.315 e. The summed E-state index contributed by atoms with van der Waals surface area (Å²) in [5.41, 5.74) is -0.736. The first kappa shape index (κ1) is 18.5. The van der Waals surface area contributed by atoms with Gasteiger partial charge in [0.2, 0.25) is 15.8 Å². The molecule has 0 saturated carbocycles. The van der Waals surface area contributed by atoms with E-state index in [1.165, 1.54) is 0 Å². The van der Waals surface area contributed by atoms with Gasteiger partial charge < -0.3 is 10.1 Å². The van der Waals surface area contributed by atoms with Crippen molar-refractivity contribution in [3.8, 4) is 5.75 Å². The lowest BCUT2D eigenvalue weighted by atomic mass is 10.3. The number of benzene rings is 1. The number of halogens is 1. The molecule has 1 aromatic rings. The molecule has 24 heavy (non-hydrogen) atoms. The number of nitro groups is 1. The van der Waals surface area contributed by atoms with Crippen LogP contribution in [0.5, 0.6) is 5.75 Å². The van der Waals surface area contributed by atoms with Gasteiger partial charge in [0.05, 0.1) is 16.9 Å². The van der Waals surface area contributed by atoms with E-state index in [1.807, 2.05) is 0 Å². The van der Waals surface area contributed by atoms with Gasteiger partial charge >= 0.3 is 5.69 Å². The van der Waals surface area contributed by atoms with Gasteiger partial charge in [-0.2, -0.15) is 0 Å². The number of hydrogen-bond donors (Lipinski definition) is 2. The molecular weight excluding hydrogens is 343 g/mol. The summed E-state index contributed by atoms with van der Waals surface area (Å²) in [6, 6.07) is 1.49. The molecule has 2 N–H and O–H groups in total. The topological polar surface area (TPSA) is 114 Å². The van der Waals surface area contributed by atoms with Gasteiger partial charge in [-0.25, -0.2) is 17.5 Å². The molecule has 1 fully saturated rings. The van der Waals surface area contributed by atoms with Crippen molar-refractivity contribution in [2.24, 2.45) is 0 Å². The molecule has 1 aromatic carbocycles. The lowest BCUT2D eigenvalue weighted by Crippen LogP contribution is -2.46. The molecule has 0 aromatic heterocycles. The van der Waals surface area contributed by atoms with Crippen LogP contribution in [0.1, 0.15) is 0 Å². The Balaban J connectivity index is 2.12. The Morgan fingerprint density at radius 3 is 2.67 bits per heavy atom. The maximum atomic E-state index is 13.9. The van der Waals surface area contributed by atoms with Crippen LogP contribution in [0.15, 0.2) is 17.0 Å². The number of rotatable bonds is 7. The van der Waals surface area contributed by atoms with E-state index in [1.54, 1.807) is 0 Å². The third kappa shape index (κ3) is 4.38. The summed E-state index contributed by atoms with van der Waals surface area (Å²) in [4.78, 5) is 11.6. The van der Waals surface area contributed by atoms with E-state index in [0.717, 1.165) is 39.4 Å². The highest BCUT2D eigenvalue weighted by molar-refractivity contribution is 7.89. The van der Waals surface area contributed by atoms with Gasteiger partial charge in [-0.3, -0.25) is 15.0 Å². The van der Waals surface area contributed by atoms with Crippen molar-refractivity contribution in [1.82, 2.24) is 14.9 Å². The van der Waals surface area contributed by atoms with Gasteiger partial charge in [-0.15, -0.1) is 0 Å². The van der Waals surface area contributed by atoms with Gasteiger partial charge in [0.25, 0.3) is 0 Å². The summed E-state index contributed by atoms with van der Waals surface area (Å²) < 4.78 is 45.3. The van der Waals surface area contributed by atoms with Gasteiger partial charge in [0, 0.05) is 45.3 Å². The summed E-state index contributed by atoms with van der Waals surface area (Å²) in [6.45, 7) is 3.92. The second-order valence-electron chi connectivity index (χ2n) is 5.20. The first-order valence-corrected chi connectivity index (χ1v) is 8.78.